The first-order chi connectivity index (χ1) is 7.76. The molecule has 1 aromatic rings. The molecule has 1 heterocycles. The lowest BCUT2D eigenvalue weighted by atomic mass is 10.1. The van der Waals surface area contributed by atoms with Crippen LogP contribution in [0, 0.1) is 5.92 Å². The Balaban J connectivity index is 2.05. The van der Waals surface area contributed by atoms with Gasteiger partial charge in [-0.15, -0.1) is 0 Å². The molecule has 0 saturated heterocycles. The Bertz CT molecular complexity index is 328. The molecule has 1 aliphatic rings. The van der Waals surface area contributed by atoms with Crippen LogP contribution < -0.4 is 5.32 Å². The van der Waals surface area contributed by atoms with Crippen molar-refractivity contribution in [2.75, 3.05) is 5.32 Å². The van der Waals surface area contributed by atoms with Gasteiger partial charge in [0, 0.05) is 12.1 Å². The first-order valence-electron chi connectivity index (χ1n) is 6.56. The van der Waals surface area contributed by atoms with Gasteiger partial charge in [0.2, 0.25) is 0 Å². The van der Waals surface area contributed by atoms with Crippen LogP contribution in [0.1, 0.15) is 52.5 Å². The van der Waals surface area contributed by atoms with Crippen molar-refractivity contribution in [2.45, 2.75) is 58.5 Å². The summed E-state index contributed by atoms with van der Waals surface area (Å²) in [4.78, 5) is 0. The zero-order valence-corrected chi connectivity index (χ0v) is 10.6. The summed E-state index contributed by atoms with van der Waals surface area (Å²) in [7, 11) is 0. The molecule has 2 rings (SSSR count). The molecule has 16 heavy (non-hydrogen) atoms. The standard InChI is InChI=1S/C13H23N3/c1-4-10(3)16-13(8-9-14-16)15-12(5-2)11-6-7-11/h8-12,15H,4-7H2,1-3H3. The maximum atomic E-state index is 4.41. The normalized spacial score (nSPS) is 19.4. The van der Waals surface area contributed by atoms with E-state index in [0.717, 1.165) is 12.3 Å². The largest absolute Gasteiger partial charge is 0.367 e. The summed E-state index contributed by atoms with van der Waals surface area (Å²) in [6.45, 7) is 6.69. The van der Waals surface area contributed by atoms with E-state index in [4.69, 9.17) is 0 Å². The predicted octanol–water partition coefficient (Wildman–Crippen LogP) is 3.45. The molecule has 1 fully saturated rings. The lowest BCUT2D eigenvalue weighted by molar-refractivity contribution is 0.477. The molecule has 1 aromatic heterocycles. The van der Waals surface area contributed by atoms with E-state index < -0.39 is 0 Å². The third kappa shape index (κ3) is 2.39. The van der Waals surface area contributed by atoms with Crippen LogP contribution in [0.4, 0.5) is 5.82 Å². The second kappa shape index (κ2) is 4.89. The number of anilines is 1. The molecule has 3 nitrogen and oxygen atoms in total. The highest BCUT2D eigenvalue weighted by atomic mass is 15.3. The van der Waals surface area contributed by atoms with E-state index in [2.05, 4.69) is 41.9 Å². The van der Waals surface area contributed by atoms with Gasteiger partial charge in [0.05, 0.1) is 12.2 Å². The quantitative estimate of drug-likeness (QED) is 0.797. The topological polar surface area (TPSA) is 29.9 Å². The van der Waals surface area contributed by atoms with Crippen molar-refractivity contribution in [1.82, 2.24) is 9.78 Å². The smallest absolute Gasteiger partial charge is 0.124 e. The molecule has 0 amide bonds. The van der Waals surface area contributed by atoms with E-state index >= 15 is 0 Å². The SMILES string of the molecule is CCC(Nc1ccnn1C(C)CC)C1CC1. The minimum absolute atomic E-state index is 0.481. The fourth-order valence-electron chi connectivity index (χ4n) is 2.19. The highest BCUT2D eigenvalue weighted by Crippen LogP contribution is 2.35. The summed E-state index contributed by atoms with van der Waals surface area (Å²) in [5, 5.41) is 8.06. The number of hydrogen-bond acceptors (Lipinski definition) is 2. The van der Waals surface area contributed by atoms with Crippen LogP contribution in [0.15, 0.2) is 12.3 Å². The van der Waals surface area contributed by atoms with Crippen molar-refractivity contribution < 1.29 is 0 Å². The zero-order chi connectivity index (χ0) is 11.5. The van der Waals surface area contributed by atoms with Gasteiger partial charge < -0.3 is 5.32 Å². The molecule has 1 aliphatic carbocycles. The third-order valence-corrected chi connectivity index (χ3v) is 3.64. The van der Waals surface area contributed by atoms with Crippen molar-refractivity contribution in [1.29, 1.82) is 0 Å². The van der Waals surface area contributed by atoms with Gasteiger partial charge in [0.15, 0.2) is 0 Å². The molecular weight excluding hydrogens is 198 g/mol. The number of nitrogens with zero attached hydrogens (tertiary/aromatic N) is 2. The lowest BCUT2D eigenvalue weighted by Crippen LogP contribution is -2.23. The van der Waals surface area contributed by atoms with Crippen molar-refractivity contribution in [3.05, 3.63) is 12.3 Å². The van der Waals surface area contributed by atoms with Crippen LogP contribution >= 0.6 is 0 Å². The fraction of sp³-hybridized carbons (Fsp3) is 0.769. The van der Waals surface area contributed by atoms with Gasteiger partial charge in [0.1, 0.15) is 5.82 Å². The van der Waals surface area contributed by atoms with Gasteiger partial charge in [-0.3, -0.25) is 0 Å². The van der Waals surface area contributed by atoms with Gasteiger partial charge in [-0.1, -0.05) is 13.8 Å². The van der Waals surface area contributed by atoms with Gasteiger partial charge in [-0.05, 0) is 38.5 Å². The van der Waals surface area contributed by atoms with Crippen LogP contribution in [0.25, 0.3) is 0 Å². The van der Waals surface area contributed by atoms with Crippen molar-refractivity contribution in [2.24, 2.45) is 5.92 Å². The van der Waals surface area contributed by atoms with Gasteiger partial charge in [-0.25, -0.2) is 4.68 Å². The Hall–Kier alpha value is -0.990. The maximum Gasteiger partial charge on any atom is 0.124 e. The molecule has 0 aliphatic heterocycles. The van der Waals surface area contributed by atoms with Crippen LogP contribution in [0.5, 0.6) is 0 Å². The summed E-state index contributed by atoms with van der Waals surface area (Å²) in [5.41, 5.74) is 0. The molecule has 2 unspecified atom stereocenters. The average molecular weight is 221 g/mol. The minimum Gasteiger partial charge on any atom is -0.367 e. The number of nitrogens with one attached hydrogen (secondary N) is 1. The molecule has 0 spiro atoms. The highest BCUT2D eigenvalue weighted by Gasteiger charge is 2.30. The van der Waals surface area contributed by atoms with Gasteiger partial charge >= 0.3 is 0 Å². The lowest BCUT2D eigenvalue weighted by Gasteiger charge is -2.20. The van der Waals surface area contributed by atoms with E-state index in [1.165, 1.54) is 25.1 Å². The molecule has 3 heteroatoms. The molecule has 0 bridgehead atoms. The van der Waals surface area contributed by atoms with Gasteiger partial charge in [0.25, 0.3) is 0 Å². The Labute approximate surface area is 98.2 Å². The van der Waals surface area contributed by atoms with Crippen molar-refractivity contribution in [3.8, 4) is 0 Å². The highest BCUT2D eigenvalue weighted by molar-refractivity contribution is 5.36. The second-order valence-electron chi connectivity index (χ2n) is 4.91. The molecule has 90 valence electrons. The molecule has 0 radical (unpaired) electrons. The molecule has 2 atom stereocenters. The van der Waals surface area contributed by atoms with Gasteiger partial charge in [-0.2, -0.15) is 5.10 Å². The Morgan fingerprint density at radius 2 is 2.19 bits per heavy atom. The summed E-state index contributed by atoms with van der Waals surface area (Å²) in [6, 6.07) is 3.21. The second-order valence-corrected chi connectivity index (χ2v) is 4.91. The Kier molecular flexibility index (Phi) is 3.52. The van der Waals surface area contributed by atoms with E-state index in [1.807, 2.05) is 6.20 Å². The molecule has 0 aromatic carbocycles. The van der Waals surface area contributed by atoms with E-state index in [-0.39, 0.29) is 0 Å². The van der Waals surface area contributed by atoms with E-state index in [9.17, 15) is 0 Å². The first kappa shape index (κ1) is 11.5. The predicted molar refractivity (Wildman–Crippen MR) is 67.7 cm³/mol. The molecular formula is C13H23N3. The fourth-order valence-corrected chi connectivity index (χ4v) is 2.19. The minimum atomic E-state index is 0.481. The van der Waals surface area contributed by atoms with E-state index in [1.54, 1.807) is 0 Å². The first-order valence-corrected chi connectivity index (χ1v) is 6.56. The third-order valence-electron chi connectivity index (χ3n) is 3.64. The number of aromatic nitrogens is 2. The Morgan fingerprint density at radius 1 is 1.44 bits per heavy atom. The molecule has 1 N–H and O–H groups in total. The number of rotatable bonds is 6. The molecule has 1 saturated carbocycles. The van der Waals surface area contributed by atoms with Crippen molar-refractivity contribution in [3.63, 3.8) is 0 Å². The summed E-state index contributed by atoms with van der Waals surface area (Å²) < 4.78 is 2.12. The monoisotopic (exact) mass is 221 g/mol. The van der Waals surface area contributed by atoms with Crippen LogP contribution in [0.3, 0.4) is 0 Å². The van der Waals surface area contributed by atoms with Crippen LogP contribution in [-0.4, -0.2) is 15.8 Å². The summed E-state index contributed by atoms with van der Waals surface area (Å²) >= 11 is 0. The van der Waals surface area contributed by atoms with E-state index in [0.29, 0.717) is 12.1 Å². The summed E-state index contributed by atoms with van der Waals surface area (Å²) in [5.74, 6) is 2.08. The van der Waals surface area contributed by atoms with Crippen LogP contribution in [0.2, 0.25) is 0 Å². The average Bonchev–Trinajstić information content (AvgIpc) is 3.04. The Morgan fingerprint density at radius 3 is 2.75 bits per heavy atom. The van der Waals surface area contributed by atoms with Crippen molar-refractivity contribution >= 4 is 5.82 Å². The summed E-state index contributed by atoms with van der Waals surface area (Å²) in [6.07, 6.45) is 7.01. The zero-order valence-electron chi connectivity index (χ0n) is 10.6. The van der Waals surface area contributed by atoms with Crippen LogP contribution in [-0.2, 0) is 0 Å². The number of hydrogen-bond donors (Lipinski definition) is 1. The maximum absolute atomic E-state index is 4.41.